The van der Waals surface area contributed by atoms with E-state index in [2.05, 4.69) is 16.9 Å². The van der Waals surface area contributed by atoms with Crippen LogP contribution in [0.25, 0.3) is 22.6 Å². The van der Waals surface area contributed by atoms with Crippen LogP contribution in [0.5, 0.6) is 5.75 Å². The zero-order chi connectivity index (χ0) is 27.9. The number of rotatable bonds is 15. The minimum absolute atomic E-state index is 0.0917. The molecule has 2 heterocycles. The fourth-order valence-corrected chi connectivity index (χ4v) is 6.08. The highest BCUT2D eigenvalue weighted by atomic mass is 32.2. The van der Waals surface area contributed by atoms with Gasteiger partial charge in [0.25, 0.3) is 5.56 Å². The van der Waals surface area contributed by atoms with Crippen LogP contribution in [0.4, 0.5) is 0 Å². The van der Waals surface area contributed by atoms with E-state index in [4.69, 9.17) is 9.72 Å². The fourth-order valence-electron chi connectivity index (χ4n) is 4.59. The quantitative estimate of drug-likeness (QED) is 0.268. The Balaban J connectivity index is 2.16. The van der Waals surface area contributed by atoms with Gasteiger partial charge in [-0.3, -0.25) is 4.79 Å². The van der Waals surface area contributed by atoms with E-state index in [0.29, 0.717) is 36.7 Å². The molecule has 38 heavy (non-hydrogen) atoms. The highest BCUT2D eigenvalue weighted by molar-refractivity contribution is 7.89. The number of benzene rings is 1. The van der Waals surface area contributed by atoms with Gasteiger partial charge in [-0.1, -0.05) is 53.4 Å². The van der Waals surface area contributed by atoms with Crippen molar-refractivity contribution in [2.45, 2.75) is 90.2 Å². The lowest BCUT2D eigenvalue weighted by atomic mass is 10.0. The zero-order valence-electron chi connectivity index (χ0n) is 23.1. The van der Waals surface area contributed by atoms with Crippen molar-refractivity contribution in [3.63, 3.8) is 0 Å². The monoisotopic (exact) mass is 547 g/mol. The molecular weight excluding hydrogens is 506 g/mol. The van der Waals surface area contributed by atoms with Gasteiger partial charge in [-0.25, -0.2) is 18.4 Å². The third-order valence-corrected chi connectivity index (χ3v) is 8.76. The van der Waals surface area contributed by atoms with E-state index < -0.39 is 21.7 Å². The van der Waals surface area contributed by atoms with Gasteiger partial charge in [0.2, 0.25) is 10.0 Å². The maximum absolute atomic E-state index is 13.3. The number of nitrogens with zero attached hydrogens (tertiary/aromatic N) is 4. The van der Waals surface area contributed by atoms with E-state index >= 15 is 0 Å². The Hall–Kier alpha value is -2.76. The summed E-state index contributed by atoms with van der Waals surface area (Å²) in [6, 6.07) is 4.32. The Kier molecular flexibility index (Phi) is 10.5. The van der Waals surface area contributed by atoms with E-state index in [0.717, 1.165) is 38.5 Å². The van der Waals surface area contributed by atoms with Crippen LogP contribution < -0.4 is 10.3 Å². The second-order valence-electron chi connectivity index (χ2n) is 9.49. The normalized spacial score (nSPS) is 13.8. The number of nitrogens with one attached hydrogen (secondary N) is 1. The lowest BCUT2D eigenvalue weighted by Crippen LogP contribution is -2.30. The smallest absolute Gasteiger partial charge is 0.279 e. The van der Waals surface area contributed by atoms with Gasteiger partial charge in [0.15, 0.2) is 11.2 Å². The number of aromatic nitrogens is 4. The molecular formula is C27H41N5O5S. The molecule has 0 aliphatic carbocycles. The van der Waals surface area contributed by atoms with Crippen LogP contribution in [0, 0.1) is 0 Å². The van der Waals surface area contributed by atoms with E-state index in [1.807, 2.05) is 6.92 Å². The summed E-state index contributed by atoms with van der Waals surface area (Å²) in [5, 5.41) is 10.6. The van der Waals surface area contributed by atoms with Crippen molar-refractivity contribution in [2.75, 3.05) is 19.7 Å². The molecule has 3 rings (SSSR count). The molecule has 3 aromatic rings. The summed E-state index contributed by atoms with van der Waals surface area (Å²) in [6.07, 6.45) is 6.55. The number of aliphatic hydroxyl groups is 1. The van der Waals surface area contributed by atoms with Crippen molar-refractivity contribution in [3.05, 3.63) is 34.9 Å². The molecule has 0 saturated heterocycles. The van der Waals surface area contributed by atoms with Gasteiger partial charge in [-0.05, 0) is 38.0 Å². The SMILES string of the molecule is CCCCCCC(C(C)O)n1cnc2c(=O)[nH]c(-c3cc(S(=O)(=O)N(CC)CC)ccc3OCCC)nc21. The maximum Gasteiger partial charge on any atom is 0.279 e. The fraction of sp³-hybridized carbons (Fsp3) is 0.593. The summed E-state index contributed by atoms with van der Waals surface area (Å²) in [6.45, 7) is 10.5. The first kappa shape index (κ1) is 29.8. The number of sulfonamides is 1. The Morgan fingerprint density at radius 1 is 1.11 bits per heavy atom. The molecule has 11 heteroatoms. The minimum atomic E-state index is -3.75. The van der Waals surface area contributed by atoms with Gasteiger partial charge in [0.05, 0.1) is 35.5 Å². The van der Waals surface area contributed by atoms with Crippen LogP contribution in [-0.4, -0.2) is 63.1 Å². The Labute approximate surface area is 225 Å². The average molecular weight is 548 g/mol. The number of aliphatic hydroxyl groups excluding tert-OH is 1. The third-order valence-electron chi connectivity index (χ3n) is 6.71. The van der Waals surface area contributed by atoms with Gasteiger partial charge in [0, 0.05) is 13.1 Å². The highest BCUT2D eigenvalue weighted by Gasteiger charge is 2.25. The number of aromatic amines is 1. The van der Waals surface area contributed by atoms with Crippen molar-refractivity contribution < 1.29 is 18.3 Å². The molecule has 210 valence electrons. The van der Waals surface area contributed by atoms with E-state index in [9.17, 15) is 18.3 Å². The molecule has 2 N–H and O–H groups in total. The first-order chi connectivity index (χ1) is 18.2. The number of unbranched alkanes of at least 4 members (excludes halogenated alkanes) is 3. The largest absolute Gasteiger partial charge is 0.493 e. The number of imidazole rings is 1. The van der Waals surface area contributed by atoms with Crippen molar-refractivity contribution >= 4 is 21.2 Å². The van der Waals surface area contributed by atoms with E-state index in [1.165, 1.54) is 16.4 Å². The Morgan fingerprint density at radius 2 is 1.84 bits per heavy atom. The molecule has 2 atom stereocenters. The number of H-pyrrole nitrogens is 1. The number of hydrogen-bond acceptors (Lipinski definition) is 7. The van der Waals surface area contributed by atoms with Gasteiger partial charge >= 0.3 is 0 Å². The van der Waals surface area contributed by atoms with Crippen LogP contribution in [0.3, 0.4) is 0 Å². The Morgan fingerprint density at radius 3 is 2.47 bits per heavy atom. The first-order valence-electron chi connectivity index (χ1n) is 13.6. The number of ether oxygens (including phenoxy) is 1. The third kappa shape index (κ3) is 6.44. The van der Waals surface area contributed by atoms with Crippen molar-refractivity contribution in [2.24, 2.45) is 0 Å². The molecule has 0 aliphatic rings. The molecule has 10 nitrogen and oxygen atoms in total. The molecule has 1 aromatic carbocycles. The van der Waals surface area contributed by atoms with Gasteiger partial charge in [-0.15, -0.1) is 0 Å². The molecule has 2 unspecified atom stereocenters. The predicted molar refractivity (Wildman–Crippen MR) is 149 cm³/mol. The molecule has 0 fully saturated rings. The summed E-state index contributed by atoms with van der Waals surface area (Å²) in [5.41, 5.74) is 0.423. The molecule has 0 saturated carbocycles. The molecule has 0 bridgehead atoms. The van der Waals surface area contributed by atoms with Gasteiger partial charge in [-0.2, -0.15) is 4.31 Å². The van der Waals surface area contributed by atoms with Gasteiger partial charge in [0.1, 0.15) is 11.6 Å². The lowest BCUT2D eigenvalue weighted by Gasteiger charge is -2.22. The van der Waals surface area contributed by atoms with Crippen LogP contribution >= 0.6 is 0 Å². The Bertz CT molecular complexity index is 1360. The number of fused-ring (bicyclic) bond motifs is 1. The van der Waals surface area contributed by atoms with Crippen molar-refractivity contribution in [3.8, 4) is 17.1 Å². The minimum Gasteiger partial charge on any atom is -0.493 e. The zero-order valence-corrected chi connectivity index (χ0v) is 23.9. The second-order valence-corrected chi connectivity index (χ2v) is 11.4. The average Bonchev–Trinajstić information content (AvgIpc) is 3.31. The van der Waals surface area contributed by atoms with Crippen molar-refractivity contribution in [1.29, 1.82) is 0 Å². The van der Waals surface area contributed by atoms with Crippen molar-refractivity contribution in [1.82, 2.24) is 23.8 Å². The molecule has 0 aliphatic heterocycles. The lowest BCUT2D eigenvalue weighted by molar-refractivity contribution is 0.124. The standard InChI is InChI=1S/C27H41N5O5S/c1-6-10-11-12-13-22(19(5)33)32-18-28-24-26(32)29-25(30-27(24)34)21-17-20(14-15-23(21)37-16-7-2)38(35,36)31(8-3)9-4/h14-15,17-19,22,33H,6-13,16H2,1-5H3,(H,29,30,34). The summed E-state index contributed by atoms with van der Waals surface area (Å²) in [5.74, 6) is 0.604. The first-order valence-corrected chi connectivity index (χ1v) is 15.1. The summed E-state index contributed by atoms with van der Waals surface area (Å²) >= 11 is 0. The molecule has 0 radical (unpaired) electrons. The van der Waals surface area contributed by atoms with E-state index in [-0.39, 0.29) is 22.3 Å². The molecule has 0 amide bonds. The predicted octanol–water partition coefficient (Wildman–Crippen LogP) is 4.50. The van der Waals surface area contributed by atoms with Crippen LogP contribution in [-0.2, 0) is 10.0 Å². The van der Waals surface area contributed by atoms with Crippen LogP contribution in [0.15, 0.2) is 34.2 Å². The maximum atomic E-state index is 13.3. The molecule has 0 spiro atoms. The van der Waals surface area contributed by atoms with Crippen LogP contribution in [0.1, 0.15) is 79.2 Å². The topological polar surface area (TPSA) is 130 Å². The van der Waals surface area contributed by atoms with Crippen LogP contribution in [0.2, 0.25) is 0 Å². The number of hydrogen-bond donors (Lipinski definition) is 2. The van der Waals surface area contributed by atoms with E-state index in [1.54, 1.807) is 37.7 Å². The summed E-state index contributed by atoms with van der Waals surface area (Å²) in [4.78, 5) is 25.0. The summed E-state index contributed by atoms with van der Waals surface area (Å²) in [7, 11) is -3.75. The molecule has 2 aromatic heterocycles. The summed E-state index contributed by atoms with van der Waals surface area (Å²) < 4.78 is 35.6. The second kappa shape index (κ2) is 13.3. The van der Waals surface area contributed by atoms with Gasteiger partial charge < -0.3 is 19.4 Å². The highest BCUT2D eigenvalue weighted by Crippen LogP contribution is 2.32.